The van der Waals surface area contributed by atoms with Crippen LogP contribution in [0.25, 0.3) is 10.9 Å². The molecule has 1 amide bonds. The number of carbonyl (C=O) groups is 1. The molecule has 0 bridgehead atoms. The normalized spacial score (nSPS) is 14.6. The number of hydrogen-bond acceptors (Lipinski definition) is 4. The summed E-state index contributed by atoms with van der Waals surface area (Å²) in [4.78, 5) is 19.2. The molecular weight excluding hydrogens is 273 g/mol. The van der Waals surface area contributed by atoms with E-state index in [9.17, 15) is 9.18 Å². The molecule has 6 heteroatoms. The standard InChI is InChI=1S/C15H16FN3O2/c1-18(7-8-19-9-10-21-15(19)20)13-5-6-17-14-11(13)3-2-4-12(14)16/h2-6H,7-10H2,1H3. The summed E-state index contributed by atoms with van der Waals surface area (Å²) in [6.07, 6.45) is 1.33. The summed E-state index contributed by atoms with van der Waals surface area (Å²) in [6.45, 7) is 2.30. The Morgan fingerprint density at radius 2 is 2.29 bits per heavy atom. The highest BCUT2D eigenvalue weighted by Gasteiger charge is 2.21. The molecule has 0 N–H and O–H groups in total. The van der Waals surface area contributed by atoms with Gasteiger partial charge in [0, 0.05) is 37.4 Å². The largest absolute Gasteiger partial charge is 0.448 e. The topological polar surface area (TPSA) is 45.7 Å². The average molecular weight is 289 g/mol. The quantitative estimate of drug-likeness (QED) is 0.866. The number of benzene rings is 1. The number of nitrogens with zero attached hydrogens (tertiary/aromatic N) is 3. The van der Waals surface area contributed by atoms with Gasteiger partial charge in [0.15, 0.2) is 0 Å². The highest BCUT2D eigenvalue weighted by Crippen LogP contribution is 2.25. The molecule has 0 atom stereocenters. The van der Waals surface area contributed by atoms with E-state index in [1.165, 1.54) is 6.07 Å². The van der Waals surface area contributed by atoms with Crippen molar-refractivity contribution in [3.63, 3.8) is 0 Å². The van der Waals surface area contributed by atoms with Crippen LogP contribution in [0.2, 0.25) is 0 Å². The maximum absolute atomic E-state index is 13.8. The van der Waals surface area contributed by atoms with Crippen LogP contribution in [0.15, 0.2) is 30.5 Å². The lowest BCUT2D eigenvalue weighted by molar-refractivity contribution is 0.159. The fourth-order valence-corrected chi connectivity index (χ4v) is 2.48. The molecule has 0 aliphatic carbocycles. The van der Waals surface area contributed by atoms with Crippen molar-refractivity contribution in [2.45, 2.75) is 0 Å². The molecule has 21 heavy (non-hydrogen) atoms. The van der Waals surface area contributed by atoms with Crippen LogP contribution in [0.1, 0.15) is 0 Å². The summed E-state index contributed by atoms with van der Waals surface area (Å²) in [5.41, 5.74) is 1.26. The van der Waals surface area contributed by atoms with Crippen LogP contribution in [-0.4, -0.2) is 49.3 Å². The summed E-state index contributed by atoms with van der Waals surface area (Å²) < 4.78 is 18.7. The number of aromatic nitrogens is 1. The van der Waals surface area contributed by atoms with Crippen LogP contribution >= 0.6 is 0 Å². The Morgan fingerprint density at radius 3 is 3.05 bits per heavy atom. The fourth-order valence-electron chi connectivity index (χ4n) is 2.48. The van der Waals surface area contributed by atoms with Gasteiger partial charge in [0.2, 0.25) is 0 Å². The lowest BCUT2D eigenvalue weighted by Crippen LogP contribution is -2.33. The van der Waals surface area contributed by atoms with E-state index < -0.39 is 0 Å². The third-order valence-corrected chi connectivity index (χ3v) is 3.66. The molecule has 0 spiro atoms. The number of halogens is 1. The van der Waals surface area contributed by atoms with Crippen molar-refractivity contribution in [2.24, 2.45) is 0 Å². The van der Waals surface area contributed by atoms with Crippen molar-refractivity contribution in [3.05, 3.63) is 36.3 Å². The van der Waals surface area contributed by atoms with Gasteiger partial charge in [-0.25, -0.2) is 9.18 Å². The lowest BCUT2D eigenvalue weighted by atomic mass is 10.1. The zero-order chi connectivity index (χ0) is 14.8. The number of anilines is 1. The molecule has 2 aromatic rings. The van der Waals surface area contributed by atoms with Gasteiger partial charge in [-0.3, -0.25) is 4.98 Å². The van der Waals surface area contributed by atoms with Gasteiger partial charge in [0.25, 0.3) is 0 Å². The number of ether oxygens (including phenoxy) is 1. The third-order valence-electron chi connectivity index (χ3n) is 3.66. The molecule has 2 heterocycles. The minimum Gasteiger partial charge on any atom is -0.448 e. The van der Waals surface area contributed by atoms with Crippen molar-refractivity contribution in [2.75, 3.05) is 38.2 Å². The molecule has 110 valence electrons. The van der Waals surface area contributed by atoms with E-state index in [1.54, 1.807) is 17.2 Å². The number of fused-ring (bicyclic) bond motifs is 1. The van der Waals surface area contributed by atoms with Gasteiger partial charge >= 0.3 is 6.09 Å². The van der Waals surface area contributed by atoms with E-state index in [1.807, 2.05) is 24.1 Å². The van der Waals surface area contributed by atoms with E-state index in [2.05, 4.69) is 4.98 Å². The average Bonchev–Trinajstić information content (AvgIpc) is 2.90. The van der Waals surface area contributed by atoms with Gasteiger partial charge in [-0.15, -0.1) is 0 Å². The molecule has 0 radical (unpaired) electrons. The Bertz CT molecular complexity index is 677. The maximum atomic E-state index is 13.8. The number of rotatable bonds is 4. The Balaban J connectivity index is 1.80. The van der Waals surface area contributed by atoms with Crippen molar-refractivity contribution in [3.8, 4) is 0 Å². The van der Waals surface area contributed by atoms with Crippen LogP contribution in [-0.2, 0) is 4.74 Å². The number of hydrogen-bond donors (Lipinski definition) is 0. The summed E-state index contributed by atoms with van der Waals surface area (Å²) in [6, 6.07) is 6.78. The number of pyridine rings is 1. The zero-order valence-electron chi connectivity index (χ0n) is 11.8. The number of amides is 1. The van der Waals surface area contributed by atoms with Gasteiger partial charge in [-0.2, -0.15) is 0 Å². The molecule has 1 fully saturated rings. The minimum absolute atomic E-state index is 0.269. The van der Waals surface area contributed by atoms with Crippen molar-refractivity contribution >= 4 is 22.7 Å². The summed E-state index contributed by atoms with van der Waals surface area (Å²) in [7, 11) is 1.92. The molecule has 3 rings (SSSR count). The Kier molecular flexibility index (Phi) is 3.60. The molecule has 0 saturated carbocycles. The second kappa shape index (κ2) is 5.55. The lowest BCUT2D eigenvalue weighted by Gasteiger charge is -2.23. The van der Waals surface area contributed by atoms with Gasteiger partial charge < -0.3 is 14.5 Å². The van der Waals surface area contributed by atoms with Crippen molar-refractivity contribution in [1.82, 2.24) is 9.88 Å². The first-order valence-corrected chi connectivity index (χ1v) is 6.83. The number of likely N-dealkylation sites (N-methyl/N-ethyl adjacent to an activating group) is 1. The first-order valence-electron chi connectivity index (χ1n) is 6.83. The number of para-hydroxylation sites is 1. The molecule has 1 aromatic carbocycles. The molecule has 0 unspecified atom stereocenters. The minimum atomic E-state index is -0.328. The second-order valence-electron chi connectivity index (χ2n) is 4.99. The highest BCUT2D eigenvalue weighted by molar-refractivity contribution is 5.91. The van der Waals surface area contributed by atoms with Crippen LogP contribution in [0.4, 0.5) is 14.9 Å². The van der Waals surface area contributed by atoms with Gasteiger partial charge in [-0.1, -0.05) is 12.1 Å². The molecule has 1 aromatic heterocycles. The van der Waals surface area contributed by atoms with Crippen LogP contribution in [0.5, 0.6) is 0 Å². The maximum Gasteiger partial charge on any atom is 0.409 e. The van der Waals surface area contributed by atoms with Crippen LogP contribution < -0.4 is 4.90 Å². The van der Waals surface area contributed by atoms with E-state index in [0.29, 0.717) is 31.8 Å². The van der Waals surface area contributed by atoms with Crippen LogP contribution in [0, 0.1) is 5.82 Å². The molecular formula is C15H16FN3O2. The first kappa shape index (κ1) is 13.6. The van der Waals surface area contributed by atoms with Gasteiger partial charge in [-0.05, 0) is 12.1 Å². The van der Waals surface area contributed by atoms with Crippen LogP contribution in [0.3, 0.4) is 0 Å². The molecule has 1 aliphatic rings. The first-order chi connectivity index (χ1) is 10.2. The number of cyclic esters (lactones) is 1. The zero-order valence-corrected chi connectivity index (χ0v) is 11.8. The summed E-state index contributed by atoms with van der Waals surface area (Å²) >= 11 is 0. The fraction of sp³-hybridized carbons (Fsp3) is 0.333. The highest BCUT2D eigenvalue weighted by atomic mass is 19.1. The van der Waals surface area contributed by atoms with E-state index in [-0.39, 0.29) is 11.9 Å². The predicted molar refractivity (Wildman–Crippen MR) is 77.9 cm³/mol. The van der Waals surface area contributed by atoms with E-state index >= 15 is 0 Å². The van der Waals surface area contributed by atoms with Gasteiger partial charge in [0.1, 0.15) is 17.9 Å². The Labute approximate surface area is 121 Å². The van der Waals surface area contributed by atoms with E-state index in [4.69, 9.17) is 4.74 Å². The number of carbonyl (C=O) groups excluding carboxylic acids is 1. The smallest absolute Gasteiger partial charge is 0.409 e. The Hall–Kier alpha value is -2.37. The molecule has 1 aliphatic heterocycles. The molecule has 1 saturated heterocycles. The summed E-state index contributed by atoms with van der Waals surface area (Å²) in [5, 5.41) is 0.768. The summed E-state index contributed by atoms with van der Waals surface area (Å²) in [5.74, 6) is -0.328. The van der Waals surface area contributed by atoms with E-state index in [0.717, 1.165) is 11.1 Å². The molecule has 5 nitrogen and oxygen atoms in total. The van der Waals surface area contributed by atoms with Crippen molar-refractivity contribution in [1.29, 1.82) is 0 Å². The third kappa shape index (κ3) is 2.61. The van der Waals surface area contributed by atoms with Crippen molar-refractivity contribution < 1.29 is 13.9 Å². The Morgan fingerprint density at radius 1 is 1.43 bits per heavy atom. The SMILES string of the molecule is CN(CCN1CCOC1=O)c1ccnc2c(F)cccc12. The predicted octanol–water partition coefficient (Wildman–Crippen LogP) is 2.26. The van der Waals surface area contributed by atoms with Gasteiger partial charge in [0.05, 0.1) is 6.54 Å². The monoisotopic (exact) mass is 289 g/mol. The second-order valence-corrected chi connectivity index (χ2v) is 4.99.